The third-order valence-electron chi connectivity index (χ3n) is 11.8. The quantitative estimate of drug-likeness (QED) is 0.0251. The van der Waals surface area contributed by atoms with E-state index in [1.54, 1.807) is 113 Å². The average Bonchev–Trinajstić information content (AvgIpc) is 4.21. The summed E-state index contributed by atoms with van der Waals surface area (Å²) in [6.45, 7) is 10.5. The van der Waals surface area contributed by atoms with Crippen LogP contribution in [0.25, 0.3) is 38.8 Å². The Labute approximate surface area is 492 Å². The fourth-order valence-electron chi connectivity index (χ4n) is 7.96. The molecule has 0 radical (unpaired) electrons. The zero-order chi connectivity index (χ0) is 59.7. The molecular weight excluding hydrogens is 1120 g/mol. The number of phenols is 1. The van der Waals surface area contributed by atoms with E-state index in [1.165, 1.54) is 4.90 Å². The molecule has 0 saturated heterocycles. The van der Waals surface area contributed by atoms with Crippen LogP contribution >= 0.6 is 60.4 Å². The number of aromatic hydroxyl groups is 1. The fraction of sp³-hybridized carbons (Fsp3) is 0.328. The van der Waals surface area contributed by atoms with Crippen LogP contribution in [0.4, 0.5) is 4.79 Å². The Morgan fingerprint density at radius 3 is 1.49 bits per heavy atom. The summed E-state index contributed by atoms with van der Waals surface area (Å²) in [5.74, 6) is -0.520. The number of rotatable bonds is 10. The molecule has 1 N–H and O–H groups in total. The van der Waals surface area contributed by atoms with Gasteiger partial charge in [0.25, 0.3) is 10.4 Å². The van der Waals surface area contributed by atoms with E-state index in [0.717, 1.165) is 59.9 Å². The molecule has 3 aromatic heterocycles. The fourth-order valence-corrected chi connectivity index (χ4v) is 9.29. The standard InChI is InChI=1S/C16H19NO3S.C15H18N2O3S.C12H13NO3.C12H13NO2S.C3H6ClNS/c1-5-19-15(18)12-9-11-7-6-8-13(14(11)10(12)2)20-16(21)17(3)4;1-5-20-14(18)11-9-10-7-6-8-12(13(10)17(11)4)21-15(19)16(2)3;1-3-16-12(15)9-7-8-5-4-6-10(14)11(8)13(9)2;1-3-15-12(14)9-7-8-5-4-6-10(16)11(8)13(9)2;1-5(2)3(4)6/h6-10H,5H2,1-4H3;6-9H,5H2,1-4H3;4-7,14H,3H2,1-2H3;4-7,16H,3H2,1-2H3;1-2H3. The van der Waals surface area contributed by atoms with Crippen LogP contribution in [-0.4, -0.2) is 141 Å². The van der Waals surface area contributed by atoms with Crippen molar-refractivity contribution in [3.05, 3.63) is 125 Å². The molecule has 8 rings (SSSR count). The number of ether oxygens (including phenoxy) is 5. The Bertz CT molecular complexity index is 3320. The molecule has 22 heteroatoms. The number of aryl methyl sites for hydroxylation is 3. The predicted octanol–water partition coefficient (Wildman–Crippen LogP) is 11.9. The second-order valence-corrected chi connectivity index (χ2v) is 20.8. The van der Waals surface area contributed by atoms with Crippen LogP contribution in [0, 0.1) is 0 Å². The molecule has 7 aromatic rings. The monoisotopic (exact) mass is 1190 g/mol. The van der Waals surface area contributed by atoms with E-state index >= 15 is 0 Å². The van der Waals surface area contributed by atoms with E-state index in [1.807, 2.05) is 105 Å². The van der Waals surface area contributed by atoms with Crippen molar-refractivity contribution in [3.8, 4) is 11.5 Å². The Morgan fingerprint density at radius 2 is 1.04 bits per heavy atom. The largest absolute Gasteiger partial charge is 0.506 e. The highest BCUT2D eigenvalue weighted by atomic mass is 35.5. The molecule has 0 saturated carbocycles. The van der Waals surface area contributed by atoms with Gasteiger partial charge < -0.3 is 57.2 Å². The molecule has 4 aromatic carbocycles. The number of hydrogen-bond acceptors (Lipinski definition) is 15. The zero-order valence-corrected chi connectivity index (χ0v) is 51.5. The Morgan fingerprint density at radius 1 is 0.613 bits per heavy atom. The SMILES string of the molecule is CCOC(=O)C1=Cc2cccc(OC(=S)N(C)C)c2C1C.CCOC(=O)c1cc2cccc(O)c2n1C.CCOC(=O)c1cc2cccc(S)c2n1C.CCOC(=O)c1cc2cccc(SC(=O)N(C)C)c2n1C.CN(C)C(=S)Cl. The summed E-state index contributed by atoms with van der Waals surface area (Å²) in [7, 11) is 16.1. The predicted molar refractivity (Wildman–Crippen MR) is 329 cm³/mol. The number of aromatic nitrogens is 3. The maximum absolute atomic E-state index is 12.0. The summed E-state index contributed by atoms with van der Waals surface area (Å²) >= 11 is 20.5. The van der Waals surface area contributed by atoms with Gasteiger partial charge in [-0.3, -0.25) is 4.79 Å². The highest BCUT2D eigenvalue weighted by Crippen LogP contribution is 2.42. The lowest BCUT2D eigenvalue weighted by Gasteiger charge is -2.18. The molecule has 0 spiro atoms. The van der Waals surface area contributed by atoms with E-state index < -0.39 is 0 Å². The van der Waals surface area contributed by atoms with E-state index in [-0.39, 0.29) is 40.8 Å². The molecule has 0 fully saturated rings. The van der Waals surface area contributed by atoms with E-state index in [0.29, 0.717) is 70.0 Å². The first-order chi connectivity index (χ1) is 37.8. The topological polar surface area (TPSA) is 176 Å². The molecule has 1 aliphatic rings. The number of fused-ring (bicyclic) bond motifs is 4. The van der Waals surface area contributed by atoms with Gasteiger partial charge in [0.1, 0.15) is 28.6 Å². The molecule has 1 atom stereocenters. The normalized spacial score (nSPS) is 11.8. The number of thiol groups is 1. The van der Waals surface area contributed by atoms with Crippen LogP contribution in [-0.2, 0) is 44.9 Å². The Kier molecular flexibility index (Phi) is 25.0. The number of carbonyl (C=O) groups excluding carboxylic acids is 5. The van der Waals surface area contributed by atoms with Gasteiger partial charge in [0, 0.05) is 106 Å². The van der Waals surface area contributed by atoms with Crippen LogP contribution in [0.1, 0.15) is 83.1 Å². The van der Waals surface area contributed by atoms with E-state index in [9.17, 15) is 29.1 Å². The number of nitrogens with zero attached hydrogens (tertiary/aromatic N) is 6. The number of halogens is 1. The van der Waals surface area contributed by atoms with Crippen molar-refractivity contribution in [2.75, 3.05) is 68.7 Å². The minimum atomic E-state index is -0.374. The van der Waals surface area contributed by atoms with Crippen molar-refractivity contribution >= 4 is 138 Å². The number of hydrogen-bond donors (Lipinski definition) is 2. The van der Waals surface area contributed by atoms with Crippen molar-refractivity contribution in [2.24, 2.45) is 21.1 Å². The van der Waals surface area contributed by atoms with Crippen LogP contribution in [0.15, 0.2) is 106 Å². The smallest absolute Gasteiger partial charge is 0.354 e. The van der Waals surface area contributed by atoms with Gasteiger partial charge in [0.15, 0.2) is 4.45 Å². The lowest BCUT2D eigenvalue weighted by molar-refractivity contribution is -0.138. The molecule has 1 unspecified atom stereocenters. The lowest BCUT2D eigenvalue weighted by atomic mass is 9.97. The highest BCUT2D eigenvalue weighted by molar-refractivity contribution is 8.13. The lowest BCUT2D eigenvalue weighted by Crippen LogP contribution is -2.25. The summed E-state index contributed by atoms with van der Waals surface area (Å²) in [5.41, 5.74) is 6.54. The number of carbonyl (C=O) groups is 5. The van der Waals surface area contributed by atoms with E-state index in [2.05, 4.69) is 24.8 Å². The number of phenolic OH excluding ortho intramolecular Hbond substituents is 1. The first-order valence-corrected chi connectivity index (χ1v) is 27.6. The van der Waals surface area contributed by atoms with Crippen LogP contribution in [0.3, 0.4) is 0 Å². The number of esters is 4. The van der Waals surface area contributed by atoms with Gasteiger partial charge >= 0.3 is 23.9 Å². The van der Waals surface area contributed by atoms with Crippen molar-refractivity contribution < 1.29 is 52.8 Å². The molecule has 80 heavy (non-hydrogen) atoms. The molecule has 0 aliphatic heterocycles. The van der Waals surface area contributed by atoms with Gasteiger partial charge in [-0.1, -0.05) is 67.1 Å². The number of amides is 1. The molecule has 1 amide bonds. The summed E-state index contributed by atoms with van der Waals surface area (Å²) in [4.78, 5) is 65.8. The third-order valence-corrected chi connectivity index (χ3v) is 14.4. The maximum Gasteiger partial charge on any atom is 0.354 e. The number of benzene rings is 4. The first kappa shape index (κ1) is 65.5. The summed E-state index contributed by atoms with van der Waals surface area (Å²) in [6.07, 6.45) is 1.86. The van der Waals surface area contributed by atoms with Crippen LogP contribution in [0.5, 0.6) is 11.5 Å². The number of thioether (sulfide) groups is 1. The van der Waals surface area contributed by atoms with Crippen molar-refractivity contribution in [3.63, 3.8) is 0 Å². The number of thiocarbonyl (C=S) groups is 2. The van der Waals surface area contributed by atoms with E-state index in [4.69, 9.17) is 47.5 Å². The van der Waals surface area contributed by atoms with Gasteiger partial charge in [-0.2, -0.15) is 0 Å². The second-order valence-electron chi connectivity index (χ2n) is 18.0. The van der Waals surface area contributed by atoms with Crippen LogP contribution in [0.2, 0.25) is 0 Å². The van der Waals surface area contributed by atoms with Crippen molar-refractivity contribution in [2.45, 2.75) is 50.3 Å². The van der Waals surface area contributed by atoms with Gasteiger partial charge in [0.05, 0.1) is 43.0 Å². The second kappa shape index (κ2) is 30.5. The first-order valence-electron chi connectivity index (χ1n) is 25.2. The van der Waals surface area contributed by atoms with Gasteiger partial charge in [-0.15, -0.1) is 12.6 Å². The molecular formula is C58H69ClN6O11S4. The average molecular weight is 1190 g/mol. The number of para-hydroxylation sites is 3. The molecule has 0 bridgehead atoms. The highest BCUT2D eigenvalue weighted by Gasteiger charge is 2.30. The van der Waals surface area contributed by atoms with Gasteiger partial charge in [-0.25, -0.2) is 19.2 Å². The third kappa shape index (κ3) is 16.5. The van der Waals surface area contributed by atoms with Gasteiger partial charge in [-0.05, 0) is 118 Å². The minimum absolute atomic E-state index is 0.0543. The molecule has 428 valence electrons. The molecule has 17 nitrogen and oxygen atoms in total. The van der Waals surface area contributed by atoms with Crippen molar-refractivity contribution in [1.82, 2.24) is 28.4 Å². The summed E-state index contributed by atoms with van der Waals surface area (Å²) < 4.78 is 31.5. The Hall–Kier alpha value is -7.04. The van der Waals surface area contributed by atoms with Crippen molar-refractivity contribution in [1.29, 1.82) is 0 Å². The molecule has 1 aliphatic carbocycles. The summed E-state index contributed by atoms with van der Waals surface area (Å²) in [5, 5.41) is 12.8. The molecule has 3 heterocycles. The summed E-state index contributed by atoms with van der Waals surface area (Å²) in [6, 6.07) is 27.7. The van der Waals surface area contributed by atoms with Crippen LogP contribution < -0.4 is 4.74 Å². The Balaban J connectivity index is 0.000000223. The minimum Gasteiger partial charge on any atom is -0.506 e. The zero-order valence-electron chi connectivity index (χ0n) is 47.4. The van der Waals surface area contributed by atoms with Gasteiger partial charge in [0.2, 0.25) is 0 Å². The maximum atomic E-state index is 12.0.